The minimum absolute atomic E-state index is 0.108. The zero-order chi connectivity index (χ0) is 20.5. The number of benzene rings is 1. The van der Waals surface area contributed by atoms with Gasteiger partial charge in [-0.3, -0.25) is 4.90 Å². The average Bonchev–Trinajstić information content (AvgIpc) is 3.13. The molecule has 3 aromatic rings. The molecule has 0 atom stereocenters. The molecule has 154 valence electrons. The lowest BCUT2D eigenvalue weighted by Crippen LogP contribution is -2.36. The van der Waals surface area contributed by atoms with E-state index in [2.05, 4.69) is 4.90 Å². The van der Waals surface area contributed by atoms with Gasteiger partial charge in [0.25, 0.3) is 0 Å². The van der Waals surface area contributed by atoms with Crippen LogP contribution in [0.1, 0.15) is 34.7 Å². The summed E-state index contributed by atoms with van der Waals surface area (Å²) in [5.74, 6) is 0.685. The Kier molecular flexibility index (Phi) is 5.34. The van der Waals surface area contributed by atoms with Crippen LogP contribution < -0.4 is 4.74 Å². The van der Waals surface area contributed by atoms with Crippen LogP contribution in [-0.2, 0) is 24.1 Å². The molecule has 2 aromatic heterocycles. The number of nitrogens with zero attached hydrogens (tertiary/aromatic N) is 4. The van der Waals surface area contributed by atoms with Gasteiger partial charge < -0.3 is 9.47 Å². The van der Waals surface area contributed by atoms with Crippen LogP contribution in [0.15, 0.2) is 18.2 Å². The highest BCUT2D eigenvalue weighted by Crippen LogP contribution is 2.41. The molecule has 6 nitrogen and oxygen atoms in total. The molecular formula is C22H21FN4O2S. The molecule has 1 aliphatic carbocycles. The van der Waals surface area contributed by atoms with E-state index >= 15 is 0 Å². The summed E-state index contributed by atoms with van der Waals surface area (Å²) in [5, 5.41) is 10.3. The van der Waals surface area contributed by atoms with Crippen molar-refractivity contribution in [3.63, 3.8) is 0 Å². The molecule has 8 heteroatoms. The third-order valence-corrected chi connectivity index (χ3v) is 6.78. The third-order valence-electron chi connectivity index (χ3n) is 5.59. The Bertz CT molecular complexity index is 1130. The smallest absolute Gasteiger partial charge is 0.231 e. The van der Waals surface area contributed by atoms with Crippen molar-refractivity contribution in [3.05, 3.63) is 45.8 Å². The minimum atomic E-state index is -0.596. The summed E-state index contributed by atoms with van der Waals surface area (Å²) >= 11 is 1.70. The number of thiophene rings is 1. The Morgan fingerprint density at radius 2 is 2.03 bits per heavy atom. The number of aromatic nitrogens is 2. The van der Waals surface area contributed by atoms with Crippen LogP contribution in [-0.4, -0.2) is 41.2 Å². The van der Waals surface area contributed by atoms with Gasteiger partial charge in [-0.1, -0.05) is 6.07 Å². The molecule has 0 unspecified atom stereocenters. The Labute approximate surface area is 177 Å². The second-order valence-electron chi connectivity index (χ2n) is 7.55. The molecule has 1 aliphatic heterocycles. The van der Waals surface area contributed by atoms with E-state index in [4.69, 9.17) is 19.4 Å². The summed E-state index contributed by atoms with van der Waals surface area (Å²) < 4.78 is 25.6. The number of rotatable bonds is 4. The lowest BCUT2D eigenvalue weighted by atomic mass is 9.97. The SMILES string of the molecule is N#Cc1c(F)cccc1Oc1nc(CN2CCOCC2)nc2sc3c(c12)CCCC3. The first-order valence-electron chi connectivity index (χ1n) is 10.2. The van der Waals surface area contributed by atoms with Crippen LogP contribution in [0.25, 0.3) is 10.2 Å². The number of fused-ring (bicyclic) bond motifs is 3. The van der Waals surface area contributed by atoms with E-state index in [0.29, 0.717) is 31.5 Å². The van der Waals surface area contributed by atoms with Gasteiger partial charge >= 0.3 is 0 Å². The predicted octanol–water partition coefficient (Wildman–Crippen LogP) is 4.21. The highest BCUT2D eigenvalue weighted by atomic mass is 32.1. The Balaban J connectivity index is 1.60. The van der Waals surface area contributed by atoms with Gasteiger partial charge in [0.1, 0.15) is 33.9 Å². The normalized spacial score (nSPS) is 16.9. The molecule has 30 heavy (non-hydrogen) atoms. The first kappa shape index (κ1) is 19.4. The van der Waals surface area contributed by atoms with Gasteiger partial charge in [-0.15, -0.1) is 11.3 Å². The van der Waals surface area contributed by atoms with Gasteiger partial charge in [0, 0.05) is 18.0 Å². The topological polar surface area (TPSA) is 71.3 Å². The van der Waals surface area contributed by atoms with E-state index in [1.54, 1.807) is 23.5 Å². The maximum absolute atomic E-state index is 14.1. The molecule has 0 amide bonds. The molecule has 0 bridgehead atoms. The summed E-state index contributed by atoms with van der Waals surface area (Å²) in [5.41, 5.74) is 1.13. The Hall–Kier alpha value is -2.60. The molecule has 1 saturated heterocycles. The van der Waals surface area contributed by atoms with E-state index in [9.17, 15) is 9.65 Å². The van der Waals surface area contributed by atoms with Gasteiger partial charge in [-0.05, 0) is 43.4 Å². The number of nitriles is 1. The molecular weight excluding hydrogens is 403 g/mol. The molecule has 0 N–H and O–H groups in total. The van der Waals surface area contributed by atoms with Gasteiger partial charge in [-0.25, -0.2) is 9.37 Å². The fourth-order valence-electron chi connectivity index (χ4n) is 4.07. The van der Waals surface area contributed by atoms with Crippen molar-refractivity contribution in [2.45, 2.75) is 32.2 Å². The van der Waals surface area contributed by atoms with E-state index < -0.39 is 5.82 Å². The monoisotopic (exact) mass is 424 g/mol. The predicted molar refractivity (Wildman–Crippen MR) is 111 cm³/mol. The number of halogens is 1. The lowest BCUT2D eigenvalue weighted by molar-refractivity contribution is 0.0330. The van der Waals surface area contributed by atoms with Crippen molar-refractivity contribution in [3.8, 4) is 17.7 Å². The number of hydrogen-bond donors (Lipinski definition) is 0. The van der Waals surface area contributed by atoms with Crippen molar-refractivity contribution >= 4 is 21.6 Å². The highest BCUT2D eigenvalue weighted by Gasteiger charge is 2.24. The van der Waals surface area contributed by atoms with E-state index in [1.807, 2.05) is 6.07 Å². The summed E-state index contributed by atoms with van der Waals surface area (Å²) in [7, 11) is 0. The number of morpholine rings is 1. The van der Waals surface area contributed by atoms with Crippen LogP contribution in [0.2, 0.25) is 0 Å². The highest BCUT2D eigenvalue weighted by molar-refractivity contribution is 7.18. The summed E-state index contributed by atoms with van der Waals surface area (Å²) in [6, 6.07) is 6.32. The molecule has 5 rings (SSSR count). The van der Waals surface area contributed by atoms with Gasteiger partial charge in [0.15, 0.2) is 0 Å². The first-order valence-corrected chi connectivity index (χ1v) is 11.0. The van der Waals surface area contributed by atoms with Crippen molar-refractivity contribution in [1.82, 2.24) is 14.9 Å². The van der Waals surface area contributed by atoms with Crippen molar-refractivity contribution in [1.29, 1.82) is 5.26 Å². The number of ether oxygens (including phenoxy) is 2. The zero-order valence-electron chi connectivity index (χ0n) is 16.5. The minimum Gasteiger partial charge on any atom is -0.437 e. The second-order valence-corrected chi connectivity index (χ2v) is 8.64. The summed E-state index contributed by atoms with van der Waals surface area (Å²) in [6.45, 7) is 3.68. The Morgan fingerprint density at radius 3 is 2.87 bits per heavy atom. The molecule has 1 fully saturated rings. The van der Waals surface area contributed by atoms with Gasteiger partial charge in [0.05, 0.1) is 25.1 Å². The van der Waals surface area contributed by atoms with E-state index in [0.717, 1.165) is 42.6 Å². The van der Waals surface area contributed by atoms with Crippen LogP contribution in [0.5, 0.6) is 11.6 Å². The molecule has 2 aliphatic rings. The maximum atomic E-state index is 14.1. The van der Waals surface area contributed by atoms with Crippen LogP contribution in [0, 0.1) is 17.1 Å². The standard InChI is InChI=1S/C22H21FN4O2S/c23-16-5-3-6-17(15(16)12-24)29-21-20-14-4-1-2-7-18(14)30-22(20)26-19(25-21)13-27-8-10-28-11-9-27/h3,5-6H,1-2,4,7-11,13H2. The van der Waals surface area contributed by atoms with Crippen molar-refractivity contribution in [2.75, 3.05) is 26.3 Å². The van der Waals surface area contributed by atoms with Gasteiger partial charge in [-0.2, -0.15) is 10.2 Å². The molecule has 0 saturated carbocycles. The van der Waals surface area contributed by atoms with Crippen molar-refractivity contribution < 1.29 is 13.9 Å². The number of hydrogen-bond acceptors (Lipinski definition) is 7. The number of aryl methyl sites for hydroxylation is 2. The maximum Gasteiger partial charge on any atom is 0.231 e. The van der Waals surface area contributed by atoms with E-state index in [-0.39, 0.29) is 11.3 Å². The molecule has 0 spiro atoms. The Morgan fingerprint density at radius 1 is 1.20 bits per heavy atom. The fraction of sp³-hybridized carbons (Fsp3) is 0.409. The molecule has 1 aromatic carbocycles. The second kappa shape index (κ2) is 8.26. The van der Waals surface area contributed by atoms with Gasteiger partial charge in [0.2, 0.25) is 5.88 Å². The molecule has 3 heterocycles. The average molecular weight is 425 g/mol. The quantitative estimate of drug-likeness (QED) is 0.625. The zero-order valence-corrected chi connectivity index (χ0v) is 17.3. The first-order chi connectivity index (χ1) is 14.7. The third kappa shape index (κ3) is 3.65. The van der Waals surface area contributed by atoms with Crippen LogP contribution in [0.3, 0.4) is 0 Å². The van der Waals surface area contributed by atoms with Crippen molar-refractivity contribution in [2.24, 2.45) is 0 Å². The largest absolute Gasteiger partial charge is 0.437 e. The fourth-order valence-corrected chi connectivity index (χ4v) is 5.34. The summed E-state index contributed by atoms with van der Waals surface area (Å²) in [6.07, 6.45) is 4.30. The van der Waals surface area contributed by atoms with Crippen LogP contribution >= 0.6 is 11.3 Å². The lowest BCUT2D eigenvalue weighted by Gasteiger charge is -2.25. The molecule has 0 radical (unpaired) electrons. The summed E-state index contributed by atoms with van der Waals surface area (Å²) in [4.78, 5) is 14.1. The van der Waals surface area contributed by atoms with Crippen LogP contribution in [0.4, 0.5) is 4.39 Å². The van der Waals surface area contributed by atoms with E-state index in [1.165, 1.54) is 22.9 Å².